The number of guanidine groups is 1. The molecule has 10 nitrogen and oxygen atoms in total. The Kier molecular flexibility index (Phi) is 7.75. The fraction of sp³-hybridized carbons (Fsp3) is 0.550. The molecule has 1 aromatic rings. The van der Waals surface area contributed by atoms with E-state index in [-0.39, 0.29) is 17.3 Å². The molecule has 0 spiro atoms. The fourth-order valence-corrected chi connectivity index (χ4v) is 4.14. The van der Waals surface area contributed by atoms with Crippen LogP contribution in [0.15, 0.2) is 28.2 Å². The lowest BCUT2D eigenvalue weighted by Crippen LogP contribution is -2.42. The van der Waals surface area contributed by atoms with Crippen LogP contribution in [0.25, 0.3) is 0 Å². The van der Waals surface area contributed by atoms with Crippen molar-refractivity contribution in [1.82, 2.24) is 4.90 Å². The van der Waals surface area contributed by atoms with Gasteiger partial charge < -0.3 is 36.9 Å². The van der Waals surface area contributed by atoms with Gasteiger partial charge in [-0.05, 0) is 56.3 Å². The third-order valence-electron chi connectivity index (χ3n) is 5.88. The van der Waals surface area contributed by atoms with Gasteiger partial charge in [0.2, 0.25) is 0 Å². The first kappa shape index (κ1) is 22.9. The SMILES string of the molecule is NC(N)=NCCN1CCC(CCC(N)=NC2Cc3cccc(C(=O)O)c3OB2O)CC1. The summed E-state index contributed by atoms with van der Waals surface area (Å²) >= 11 is 0. The summed E-state index contributed by atoms with van der Waals surface area (Å²) in [6, 6.07) is 4.91. The van der Waals surface area contributed by atoms with E-state index in [0.717, 1.165) is 38.9 Å². The maximum Gasteiger partial charge on any atom is 0.549 e. The lowest BCUT2D eigenvalue weighted by molar-refractivity contribution is 0.0694. The van der Waals surface area contributed by atoms with E-state index < -0.39 is 19.0 Å². The Morgan fingerprint density at radius 1 is 1.26 bits per heavy atom. The molecular formula is C20H31BN6O4. The van der Waals surface area contributed by atoms with Crippen LogP contribution in [0, 0.1) is 5.92 Å². The Bertz CT molecular complexity index is 837. The van der Waals surface area contributed by atoms with Gasteiger partial charge in [0.1, 0.15) is 11.7 Å². The second kappa shape index (κ2) is 10.5. The summed E-state index contributed by atoms with van der Waals surface area (Å²) in [5.74, 6) is -0.232. The van der Waals surface area contributed by atoms with Crippen molar-refractivity contribution in [3.63, 3.8) is 0 Å². The third kappa shape index (κ3) is 6.35. The zero-order valence-electron chi connectivity index (χ0n) is 17.6. The van der Waals surface area contributed by atoms with Gasteiger partial charge in [-0.1, -0.05) is 12.1 Å². The van der Waals surface area contributed by atoms with Crippen molar-refractivity contribution in [3.8, 4) is 5.75 Å². The van der Waals surface area contributed by atoms with Crippen molar-refractivity contribution in [1.29, 1.82) is 0 Å². The Labute approximate surface area is 182 Å². The van der Waals surface area contributed by atoms with E-state index in [9.17, 15) is 14.9 Å². The minimum absolute atomic E-state index is 0.0385. The van der Waals surface area contributed by atoms with Gasteiger partial charge in [-0.3, -0.25) is 9.98 Å². The van der Waals surface area contributed by atoms with Crippen LogP contribution in [-0.2, 0) is 6.42 Å². The van der Waals surface area contributed by atoms with E-state index in [0.29, 0.717) is 36.7 Å². The highest BCUT2D eigenvalue weighted by atomic mass is 16.5. The molecule has 3 rings (SSSR count). The number of carboxylic acids is 1. The number of amidine groups is 1. The molecule has 11 heteroatoms. The number of likely N-dealkylation sites (tertiary alicyclic amines) is 1. The van der Waals surface area contributed by atoms with Gasteiger partial charge in [0, 0.05) is 13.0 Å². The first-order chi connectivity index (χ1) is 14.8. The number of para-hydroxylation sites is 1. The molecule has 1 aromatic carbocycles. The van der Waals surface area contributed by atoms with Gasteiger partial charge in [0.15, 0.2) is 5.96 Å². The first-order valence-corrected chi connectivity index (χ1v) is 10.6. The van der Waals surface area contributed by atoms with E-state index >= 15 is 0 Å². The molecule has 1 unspecified atom stereocenters. The number of piperidine rings is 1. The summed E-state index contributed by atoms with van der Waals surface area (Å²) < 4.78 is 5.47. The lowest BCUT2D eigenvalue weighted by Gasteiger charge is -2.31. The summed E-state index contributed by atoms with van der Waals surface area (Å²) in [5.41, 5.74) is 17.6. The van der Waals surface area contributed by atoms with Gasteiger partial charge in [0.25, 0.3) is 0 Å². The standard InChI is InChI=1S/C20H31BN6O4/c22-17(5-4-13-6-9-27(10-7-13)11-8-25-20(23)24)26-16-12-14-2-1-3-15(19(28)29)18(14)31-21(16)30/h1-3,13,16,30H,4-12H2,(H2,22,26)(H,28,29)(H4,23,24,25). The zero-order valence-corrected chi connectivity index (χ0v) is 17.6. The summed E-state index contributed by atoms with van der Waals surface area (Å²) in [6.45, 7) is 3.51. The van der Waals surface area contributed by atoms with Crippen molar-refractivity contribution >= 4 is 24.9 Å². The molecule has 168 valence electrons. The van der Waals surface area contributed by atoms with Crippen LogP contribution in [0.4, 0.5) is 0 Å². The van der Waals surface area contributed by atoms with Gasteiger partial charge in [0.05, 0.1) is 17.9 Å². The molecule has 1 atom stereocenters. The molecule has 0 aromatic heterocycles. The number of nitrogens with two attached hydrogens (primary N) is 3. The number of aromatic carboxylic acids is 1. The molecule has 0 saturated carbocycles. The van der Waals surface area contributed by atoms with Crippen LogP contribution >= 0.6 is 0 Å². The molecule has 31 heavy (non-hydrogen) atoms. The van der Waals surface area contributed by atoms with Crippen LogP contribution in [0.5, 0.6) is 5.75 Å². The highest BCUT2D eigenvalue weighted by molar-refractivity contribution is 6.46. The van der Waals surface area contributed by atoms with Crippen LogP contribution < -0.4 is 21.9 Å². The highest BCUT2D eigenvalue weighted by Crippen LogP contribution is 2.31. The molecule has 1 saturated heterocycles. The summed E-state index contributed by atoms with van der Waals surface area (Å²) in [7, 11) is -1.22. The second-order valence-corrected chi connectivity index (χ2v) is 8.13. The van der Waals surface area contributed by atoms with Gasteiger partial charge in [-0.25, -0.2) is 4.79 Å². The Hall–Kier alpha value is -2.79. The third-order valence-corrected chi connectivity index (χ3v) is 5.88. The van der Waals surface area contributed by atoms with E-state index in [1.807, 2.05) is 0 Å². The topological polar surface area (TPSA) is 173 Å². The van der Waals surface area contributed by atoms with Crippen LogP contribution in [0.3, 0.4) is 0 Å². The minimum atomic E-state index is -1.22. The van der Waals surface area contributed by atoms with Crippen LogP contribution in [0.1, 0.15) is 41.6 Å². The highest BCUT2D eigenvalue weighted by Gasteiger charge is 2.36. The predicted molar refractivity (Wildman–Crippen MR) is 120 cm³/mol. The van der Waals surface area contributed by atoms with Gasteiger partial charge in [-0.2, -0.15) is 0 Å². The number of aliphatic imine (C=N–C) groups is 2. The summed E-state index contributed by atoms with van der Waals surface area (Å²) in [6.07, 6.45) is 4.17. The number of hydrogen-bond acceptors (Lipinski definition) is 6. The summed E-state index contributed by atoms with van der Waals surface area (Å²) in [5, 5.41) is 19.6. The molecule has 0 radical (unpaired) electrons. The molecule has 0 bridgehead atoms. The van der Waals surface area contributed by atoms with Gasteiger partial charge in [-0.15, -0.1) is 0 Å². The average Bonchev–Trinajstić information content (AvgIpc) is 2.73. The van der Waals surface area contributed by atoms with Crippen molar-refractivity contribution in [2.45, 2.75) is 38.0 Å². The maximum absolute atomic E-state index is 11.3. The maximum atomic E-state index is 11.3. The number of rotatable bonds is 8. The molecular weight excluding hydrogens is 399 g/mol. The van der Waals surface area contributed by atoms with E-state index in [4.69, 9.17) is 21.9 Å². The quantitative estimate of drug-likeness (QED) is 0.215. The monoisotopic (exact) mass is 430 g/mol. The number of carboxylic acid groups (broad SMARTS) is 1. The predicted octanol–water partition coefficient (Wildman–Crippen LogP) is -0.169. The second-order valence-electron chi connectivity index (χ2n) is 8.13. The van der Waals surface area contributed by atoms with E-state index in [2.05, 4.69) is 14.9 Å². The van der Waals surface area contributed by atoms with Crippen molar-refractivity contribution in [3.05, 3.63) is 29.3 Å². The molecule has 2 heterocycles. The number of hydrogen-bond donors (Lipinski definition) is 5. The first-order valence-electron chi connectivity index (χ1n) is 10.6. The van der Waals surface area contributed by atoms with Crippen molar-refractivity contribution in [2.75, 3.05) is 26.2 Å². The van der Waals surface area contributed by atoms with Crippen LogP contribution in [-0.4, -0.2) is 72.0 Å². The van der Waals surface area contributed by atoms with E-state index in [1.165, 1.54) is 6.07 Å². The van der Waals surface area contributed by atoms with Crippen molar-refractivity contribution < 1.29 is 19.6 Å². The number of nitrogens with zero attached hydrogens (tertiary/aromatic N) is 3. The van der Waals surface area contributed by atoms with E-state index in [1.54, 1.807) is 12.1 Å². The number of benzene rings is 1. The van der Waals surface area contributed by atoms with Gasteiger partial charge >= 0.3 is 13.1 Å². The lowest BCUT2D eigenvalue weighted by atomic mass is 9.72. The molecule has 0 amide bonds. The zero-order chi connectivity index (χ0) is 22.4. The molecule has 8 N–H and O–H groups in total. The molecule has 2 aliphatic rings. The molecule has 0 aliphatic carbocycles. The fourth-order valence-electron chi connectivity index (χ4n) is 4.14. The smallest absolute Gasteiger partial charge is 0.534 e. The van der Waals surface area contributed by atoms with Crippen molar-refractivity contribution in [2.24, 2.45) is 33.1 Å². The molecule has 2 aliphatic heterocycles. The number of fused-ring (bicyclic) bond motifs is 1. The Morgan fingerprint density at radius 2 is 2.00 bits per heavy atom. The van der Waals surface area contributed by atoms with Crippen LogP contribution in [0.2, 0.25) is 0 Å². The Balaban J connectivity index is 1.48. The molecule has 1 fully saturated rings. The normalized spacial score (nSPS) is 20.1. The largest absolute Gasteiger partial charge is 0.549 e. The average molecular weight is 430 g/mol. The Morgan fingerprint density at radius 3 is 2.68 bits per heavy atom. The minimum Gasteiger partial charge on any atom is -0.534 e. The number of carbonyl (C=O) groups is 1. The summed E-state index contributed by atoms with van der Waals surface area (Å²) in [4.78, 5) is 22.2.